The quantitative estimate of drug-likeness (QED) is 0.904. The molecule has 1 aromatic heterocycles. The Morgan fingerprint density at radius 1 is 1.25 bits per heavy atom. The molecule has 2 saturated heterocycles. The van der Waals surface area contributed by atoms with Crippen molar-refractivity contribution in [1.29, 1.82) is 0 Å². The van der Waals surface area contributed by atoms with E-state index in [1.54, 1.807) is 4.90 Å². The van der Waals surface area contributed by atoms with Crippen molar-refractivity contribution in [2.75, 3.05) is 19.6 Å². The summed E-state index contributed by atoms with van der Waals surface area (Å²) < 4.78 is 5.29. The van der Waals surface area contributed by atoms with Gasteiger partial charge in [0.25, 0.3) is 0 Å². The molecule has 24 heavy (non-hydrogen) atoms. The van der Waals surface area contributed by atoms with Crippen LogP contribution in [0.3, 0.4) is 0 Å². The Morgan fingerprint density at radius 3 is 2.67 bits per heavy atom. The third-order valence-electron chi connectivity index (χ3n) is 4.87. The Morgan fingerprint density at radius 2 is 2.00 bits per heavy atom. The van der Waals surface area contributed by atoms with Crippen molar-refractivity contribution in [3.63, 3.8) is 0 Å². The second kappa shape index (κ2) is 6.78. The number of nitrogens with zero attached hydrogens (tertiary/aromatic N) is 4. The highest BCUT2D eigenvalue weighted by Crippen LogP contribution is 2.33. The lowest BCUT2D eigenvalue weighted by Gasteiger charge is -2.34. The number of urea groups is 1. The van der Waals surface area contributed by atoms with Crippen LogP contribution in [0.15, 0.2) is 4.52 Å². The molecule has 2 N–H and O–H groups in total. The fourth-order valence-electron chi connectivity index (χ4n) is 3.53. The minimum atomic E-state index is -0.454. The highest BCUT2D eigenvalue weighted by Gasteiger charge is 2.38. The van der Waals surface area contributed by atoms with E-state index in [1.165, 1.54) is 0 Å². The predicted molar refractivity (Wildman–Crippen MR) is 86.0 cm³/mol. The van der Waals surface area contributed by atoms with Gasteiger partial charge in [0.05, 0.1) is 12.0 Å². The zero-order valence-electron chi connectivity index (χ0n) is 14.3. The van der Waals surface area contributed by atoms with Gasteiger partial charge in [-0.25, -0.2) is 4.79 Å². The summed E-state index contributed by atoms with van der Waals surface area (Å²) in [7, 11) is 0. The number of nitrogens with two attached hydrogens (primary N) is 1. The average Bonchev–Trinajstić information content (AvgIpc) is 3.23. The largest absolute Gasteiger partial charge is 0.351 e. The lowest BCUT2D eigenvalue weighted by molar-refractivity contribution is -0.138. The summed E-state index contributed by atoms with van der Waals surface area (Å²) in [6.45, 7) is 5.72. The number of hydrogen-bond donors (Lipinski definition) is 1. The molecule has 3 heterocycles. The van der Waals surface area contributed by atoms with Gasteiger partial charge in [-0.2, -0.15) is 4.98 Å². The molecule has 2 aliphatic rings. The number of primary amides is 1. The molecule has 8 nitrogen and oxygen atoms in total. The van der Waals surface area contributed by atoms with Crippen LogP contribution in [0.2, 0.25) is 0 Å². The standard InChI is InChI=1S/C16H25N5O3/c1-10(2)14-18-13(19-24-14)12-6-4-8-21(12)15(22)11-5-3-7-20(9-11)16(17)23/h10-12H,3-9H2,1-2H3,(H2,17,23)/t11-,12+/m1/s1. The van der Waals surface area contributed by atoms with Crippen molar-refractivity contribution in [1.82, 2.24) is 19.9 Å². The molecule has 2 atom stereocenters. The molecule has 3 rings (SSSR count). The van der Waals surface area contributed by atoms with Crippen LogP contribution in [0.5, 0.6) is 0 Å². The molecular weight excluding hydrogens is 310 g/mol. The first-order valence-corrected chi connectivity index (χ1v) is 8.65. The lowest BCUT2D eigenvalue weighted by atomic mass is 9.96. The fourth-order valence-corrected chi connectivity index (χ4v) is 3.53. The number of aromatic nitrogens is 2. The van der Waals surface area contributed by atoms with Crippen LogP contribution in [0, 0.1) is 5.92 Å². The van der Waals surface area contributed by atoms with Gasteiger partial charge in [0, 0.05) is 25.6 Å². The maximum absolute atomic E-state index is 13.0. The van der Waals surface area contributed by atoms with E-state index in [1.807, 2.05) is 18.7 Å². The highest BCUT2D eigenvalue weighted by molar-refractivity contribution is 5.81. The lowest BCUT2D eigenvalue weighted by Crippen LogP contribution is -2.48. The molecule has 0 aromatic carbocycles. The SMILES string of the molecule is CC(C)c1nc([C@@H]2CCCN2C(=O)[C@@H]2CCCN(C(N)=O)C2)no1. The Balaban J connectivity index is 1.72. The van der Waals surface area contributed by atoms with Crippen molar-refractivity contribution in [3.8, 4) is 0 Å². The smallest absolute Gasteiger partial charge is 0.314 e. The summed E-state index contributed by atoms with van der Waals surface area (Å²) in [5.74, 6) is 1.23. The number of piperidine rings is 1. The number of carbonyl (C=O) groups excluding carboxylic acids is 2. The molecule has 2 aliphatic heterocycles. The third-order valence-corrected chi connectivity index (χ3v) is 4.87. The first-order valence-electron chi connectivity index (χ1n) is 8.65. The molecule has 132 valence electrons. The molecule has 0 bridgehead atoms. The van der Waals surface area contributed by atoms with Crippen molar-refractivity contribution in [2.45, 2.75) is 51.5 Å². The normalized spacial score (nSPS) is 24.6. The van der Waals surface area contributed by atoms with Gasteiger partial charge in [-0.3, -0.25) is 4.79 Å². The maximum Gasteiger partial charge on any atom is 0.314 e. The summed E-state index contributed by atoms with van der Waals surface area (Å²) in [5, 5.41) is 4.08. The highest BCUT2D eigenvalue weighted by atomic mass is 16.5. The van der Waals surface area contributed by atoms with Gasteiger partial charge >= 0.3 is 6.03 Å². The summed E-state index contributed by atoms with van der Waals surface area (Å²) in [6.07, 6.45) is 3.36. The van der Waals surface area contributed by atoms with Crippen molar-refractivity contribution in [3.05, 3.63) is 11.7 Å². The van der Waals surface area contributed by atoms with Crippen LogP contribution < -0.4 is 5.73 Å². The van der Waals surface area contributed by atoms with E-state index in [-0.39, 0.29) is 23.8 Å². The molecule has 1 aromatic rings. The number of hydrogen-bond acceptors (Lipinski definition) is 5. The van der Waals surface area contributed by atoms with Crippen LogP contribution >= 0.6 is 0 Å². The summed E-state index contributed by atoms with van der Waals surface area (Å²) >= 11 is 0. The summed E-state index contributed by atoms with van der Waals surface area (Å²) in [6, 6.07) is -0.581. The number of rotatable bonds is 3. The van der Waals surface area contributed by atoms with E-state index in [0.29, 0.717) is 31.3 Å². The minimum Gasteiger partial charge on any atom is -0.351 e. The average molecular weight is 335 g/mol. The predicted octanol–water partition coefficient (Wildman–Crippen LogP) is 1.65. The number of carbonyl (C=O) groups is 2. The van der Waals surface area contributed by atoms with Gasteiger partial charge in [-0.05, 0) is 25.7 Å². The third kappa shape index (κ3) is 3.22. The topological polar surface area (TPSA) is 106 Å². The first kappa shape index (κ1) is 16.7. The van der Waals surface area contributed by atoms with Crippen LogP contribution in [-0.4, -0.2) is 51.5 Å². The van der Waals surface area contributed by atoms with Crippen LogP contribution in [-0.2, 0) is 4.79 Å². The Bertz CT molecular complexity index is 615. The van der Waals surface area contributed by atoms with Gasteiger partial charge in [0.1, 0.15) is 0 Å². The van der Waals surface area contributed by atoms with Crippen molar-refractivity contribution < 1.29 is 14.1 Å². The number of amides is 3. The summed E-state index contributed by atoms with van der Waals surface area (Å²) in [5.41, 5.74) is 5.36. The van der Waals surface area contributed by atoms with Gasteiger partial charge in [-0.15, -0.1) is 0 Å². The Hall–Kier alpha value is -2.12. The van der Waals surface area contributed by atoms with E-state index in [0.717, 1.165) is 25.7 Å². The minimum absolute atomic E-state index is 0.0688. The second-order valence-electron chi connectivity index (χ2n) is 6.96. The monoisotopic (exact) mass is 335 g/mol. The van der Waals surface area contributed by atoms with E-state index in [2.05, 4.69) is 10.1 Å². The first-order chi connectivity index (χ1) is 11.5. The molecule has 0 aliphatic carbocycles. The molecule has 0 spiro atoms. The molecular formula is C16H25N5O3. The Labute approximate surface area is 141 Å². The van der Waals surface area contributed by atoms with Crippen molar-refractivity contribution in [2.24, 2.45) is 11.7 Å². The molecule has 3 amide bonds. The van der Waals surface area contributed by atoms with E-state index in [4.69, 9.17) is 10.3 Å². The van der Waals surface area contributed by atoms with E-state index in [9.17, 15) is 9.59 Å². The Kier molecular flexibility index (Phi) is 4.73. The zero-order valence-corrected chi connectivity index (χ0v) is 14.3. The zero-order chi connectivity index (χ0) is 17.3. The van der Waals surface area contributed by atoms with E-state index < -0.39 is 6.03 Å². The van der Waals surface area contributed by atoms with Crippen LogP contribution in [0.25, 0.3) is 0 Å². The van der Waals surface area contributed by atoms with Gasteiger partial charge in [0.2, 0.25) is 11.8 Å². The molecule has 8 heteroatoms. The second-order valence-corrected chi connectivity index (χ2v) is 6.96. The number of likely N-dealkylation sites (tertiary alicyclic amines) is 2. The molecule has 2 fully saturated rings. The van der Waals surface area contributed by atoms with Gasteiger partial charge < -0.3 is 20.1 Å². The van der Waals surface area contributed by atoms with E-state index >= 15 is 0 Å². The maximum atomic E-state index is 13.0. The molecule has 0 unspecified atom stereocenters. The van der Waals surface area contributed by atoms with Crippen LogP contribution in [0.1, 0.15) is 63.2 Å². The molecule has 0 saturated carbocycles. The van der Waals surface area contributed by atoms with Gasteiger partial charge in [0.15, 0.2) is 5.82 Å². The van der Waals surface area contributed by atoms with Gasteiger partial charge in [-0.1, -0.05) is 19.0 Å². The van der Waals surface area contributed by atoms with Crippen molar-refractivity contribution >= 4 is 11.9 Å². The fraction of sp³-hybridized carbons (Fsp3) is 0.750. The molecule has 0 radical (unpaired) electrons. The summed E-state index contributed by atoms with van der Waals surface area (Å²) in [4.78, 5) is 32.2. The van der Waals surface area contributed by atoms with Crippen LogP contribution in [0.4, 0.5) is 4.79 Å².